The molecule has 0 saturated carbocycles. The van der Waals surface area contributed by atoms with E-state index in [1.807, 2.05) is 13.0 Å². The molecular weight excluding hydrogens is 316 g/mol. The first kappa shape index (κ1) is 15.6. The minimum Gasteiger partial charge on any atom is -0.480 e. The Morgan fingerprint density at radius 1 is 1.39 bits per heavy atom. The molecule has 1 aromatic heterocycles. The first-order valence-corrected chi connectivity index (χ1v) is 7.84. The lowest BCUT2D eigenvalue weighted by Gasteiger charge is -2.13. The van der Waals surface area contributed by atoms with Crippen molar-refractivity contribution in [1.29, 1.82) is 0 Å². The quantitative estimate of drug-likeness (QED) is 0.845. The van der Waals surface area contributed by atoms with Gasteiger partial charge in [0.2, 0.25) is 0 Å². The van der Waals surface area contributed by atoms with Crippen LogP contribution in [0, 0.1) is 0 Å². The van der Waals surface area contributed by atoms with Crippen LogP contribution in [0.4, 0.5) is 5.69 Å². The third-order valence-electron chi connectivity index (χ3n) is 4.44. The van der Waals surface area contributed by atoms with Crippen molar-refractivity contribution in [3.63, 3.8) is 0 Å². The van der Waals surface area contributed by atoms with Crippen molar-refractivity contribution in [1.82, 2.24) is 4.57 Å². The summed E-state index contributed by atoms with van der Waals surface area (Å²) in [6, 6.07) is 7.59. The Hall–Kier alpha value is -2.27. The topological polar surface area (TPSA) is 85.3 Å². The van der Waals surface area contributed by atoms with Gasteiger partial charge >= 0.3 is 5.97 Å². The van der Waals surface area contributed by atoms with Gasteiger partial charge in [0.1, 0.15) is 6.04 Å². The Balaban J connectivity index is 2.21. The number of benzene rings is 1. The zero-order valence-corrected chi connectivity index (χ0v) is 13.4. The summed E-state index contributed by atoms with van der Waals surface area (Å²) in [6.45, 7) is 1.99. The summed E-state index contributed by atoms with van der Waals surface area (Å²) >= 11 is 6.03. The molecule has 2 unspecified atom stereocenters. The van der Waals surface area contributed by atoms with Gasteiger partial charge in [-0.05, 0) is 42.7 Å². The van der Waals surface area contributed by atoms with Crippen LogP contribution in [0.3, 0.4) is 0 Å². The highest BCUT2D eigenvalue weighted by Crippen LogP contribution is 2.39. The Morgan fingerprint density at radius 2 is 2.13 bits per heavy atom. The molecule has 0 bridgehead atoms. The highest BCUT2D eigenvalue weighted by Gasteiger charge is 2.35. The molecule has 2 atom stereocenters. The van der Waals surface area contributed by atoms with Crippen LogP contribution in [-0.4, -0.2) is 15.6 Å². The van der Waals surface area contributed by atoms with Gasteiger partial charge < -0.3 is 10.8 Å². The summed E-state index contributed by atoms with van der Waals surface area (Å²) < 4.78 is 1.39. The van der Waals surface area contributed by atoms with E-state index in [1.54, 1.807) is 18.2 Å². The van der Waals surface area contributed by atoms with Crippen LogP contribution in [-0.2, 0) is 4.79 Å². The molecule has 0 spiro atoms. The van der Waals surface area contributed by atoms with Crippen molar-refractivity contribution in [3.05, 3.63) is 51.4 Å². The van der Waals surface area contributed by atoms with E-state index in [0.29, 0.717) is 28.3 Å². The predicted molar refractivity (Wildman–Crippen MR) is 89.9 cm³/mol. The van der Waals surface area contributed by atoms with Crippen LogP contribution < -0.4 is 11.3 Å². The molecule has 0 amide bonds. The number of carboxylic acids is 1. The largest absolute Gasteiger partial charge is 0.480 e. The van der Waals surface area contributed by atoms with Crippen LogP contribution in [0.5, 0.6) is 0 Å². The maximum Gasteiger partial charge on any atom is 0.326 e. The summed E-state index contributed by atoms with van der Waals surface area (Å²) in [5, 5.41) is 9.90. The van der Waals surface area contributed by atoms with Gasteiger partial charge in [0, 0.05) is 34.0 Å². The van der Waals surface area contributed by atoms with Crippen molar-refractivity contribution in [2.45, 2.75) is 31.7 Å². The number of carbonyl (C=O) groups is 1. The molecule has 1 aromatic carbocycles. The lowest BCUT2D eigenvalue weighted by Crippen LogP contribution is -2.27. The molecule has 0 fully saturated rings. The van der Waals surface area contributed by atoms with E-state index in [0.717, 1.165) is 12.1 Å². The number of aliphatic carboxylic acids is 1. The van der Waals surface area contributed by atoms with E-state index in [2.05, 4.69) is 0 Å². The average Bonchev–Trinajstić information content (AvgIpc) is 2.89. The van der Waals surface area contributed by atoms with Crippen molar-refractivity contribution in [2.24, 2.45) is 0 Å². The van der Waals surface area contributed by atoms with Gasteiger partial charge in [-0.2, -0.15) is 0 Å². The number of halogens is 1. The number of anilines is 1. The molecule has 0 radical (unpaired) electrons. The van der Waals surface area contributed by atoms with Crippen molar-refractivity contribution < 1.29 is 9.90 Å². The number of nitrogens with two attached hydrogens (primary N) is 1. The van der Waals surface area contributed by atoms with E-state index in [9.17, 15) is 14.7 Å². The summed E-state index contributed by atoms with van der Waals surface area (Å²) in [6.07, 6.45) is 1.22. The first-order chi connectivity index (χ1) is 10.9. The van der Waals surface area contributed by atoms with Crippen LogP contribution in [0.25, 0.3) is 11.1 Å². The van der Waals surface area contributed by atoms with E-state index >= 15 is 0 Å². The van der Waals surface area contributed by atoms with Gasteiger partial charge in [0.15, 0.2) is 0 Å². The number of pyridine rings is 1. The number of carboxylic acid groups (broad SMARTS) is 1. The molecule has 1 aliphatic rings. The molecule has 3 rings (SSSR count). The monoisotopic (exact) mass is 332 g/mol. The maximum atomic E-state index is 12.5. The smallest absolute Gasteiger partial charge is 0.326 e. The van der Waals surface area contributed by atoms with E-state index in [1.165, 1.54) is 10.6 Å². The minimum atomic E-state index is -0.973. The van der Waals surface area contributed by atoms with Crippen LogP contribution in [0.2, 0.25) is 5.02 Å². The Bertz CT molecular complexity index is 844. The van der Waals surface area contributed by atoms with Crippen LogP contribution in [0.15, 0.2) is 35.1 Å². The van der Waals surface area contributed by atoms with Gasteiger partial charge in [0.05, 0.1) is 0 Å². The number of fused-ring (bicyclic) bond motifs is 1. The van der Waals surface area contributed by atoms with Gasteiger partial charge in [-0.25, -0.2) is 4.79 Å². The fraction of sp³-hybridized carbons (Fsp3) is 0.294. The van der Waals surface area contributed by atoms with Crippen molar-refractivity contribution in [3.8, 4) is 11.1 Å². The Kier molecular flexibility index (Phi) is 3.90. The molecule has 5 nitrogen and oxygen atoms in total. The number of rotatable bonds is 3. The first-order valence-electron chi connectivity index (χ1n) is 7.47. The second-order valence-corrected chi connectivity index (χ2v) is 6.24. The molecule has 0 aliphatic carbocycles. The molecule has 6 heteroatoms. The third-order valence-corrected chi connectivity index (χ3v) is 4.67. The van der Waals surface area contributed by atoms with Crippen LogP contribution in [0.1, 0.15) is 37.4 Å². The molecule has 2 aromatic rings. The van der Waals surface area contributed by atoms with Gasteiger partial charge in [-0.1, -0.05) is 18.5 Å². The number of hydrogen-bond acceptors (Lipinski definition) is 3. The summed E-state index contributed by atoms with van der Waals surface area (Å²) in [5.41, 5.74) is 8.32. The zero-order valence-electron chi connectivity index (χ0n) is 12.6. The highest BCUT2D eigenvalue weighted by molar-refractivity contribution is 6.31. The molecule has 0 saturated heterocycles. The zero-order chi connectivity index (χ0) is 16.7. The van der Waals surface area contributed by atoms with Crippen molar-refractivity contribution >= 4 is 23.3 Å². The number of nitrogens with zero attached hydrogens (tertiary/aromatic N) is 1. The summed E-state index contributed by atoms with van der Waals surface area (Å²) in [4.78, 5) is 23.9. The van der Waals surface area contributed by atoms with E-state index < -0.39 is 12.0 Å². The summed E-state index contributed by atoms with van der Waals surface area (Å²) in [7, 11) is 0. The second kappa shape index (κ2) is 5.74. The normalized spacial score (nSPS) is 19.6. The van der Waals surface area contributed by atoms with Gasteiger partial charge in [-0.15, -0.1) is 0 Å². The fourth-order valence-corrected chi connectivity index (χ4v) is 3.44. The number of nitrogen functional groups attached to an aromatic ring is 1. The second-order valence-electron chi connectivity index (χ2n) is 5.80. The number of hydrogen-bond donors (Lipinski definition) is 2. The van der Waals surface area contributed by atoms with E-state index in [4.69, 9.17) is 17.3 Å². The molecular formula is C17H17ClN2O3. The maximum absolute atomic E-state index is 12.5. The molecule has 120 valence electrons. The number of aromatic nitrogens is 1. The minimum absolute atomic E-state index is 0.0455. The van der Waals surface area contributed by atoms with Crippen molar-refractivity contribution in [2.75, 3.05) is 5.73 Å². The lowest BCUT2D eigenvalue weighted by molar-refractivity contribution is -0.140. The van der Waals surface area contributed by atoms with Crippen LogP contribution >= 0.6 is 11.6 Å². The molecule has 1 aliphatic heterocycles. The highest BCUT2D eigenvalue weighted by atomic mass is 35.5. The standard InChI is InChI=1S/C17H17ClN2O3/c1-2-9-5-15(17(22)23)20-14(9)6-10(7-16(20)21)12-8-11(18)3-4-13(12)19/h3-4,6-9,15H,2,5,19H2,1H3,(H,22,23). The molecule has 23 heavy (non-hydrogen) atoms. The third kappa shape index (κ3) is 2.61. The Morgan fingerprint density at radius 3 is 2.78 bits per heavy atom. The fourth-order valence-electron chi connectivity index (χ4n) is 3.27. The van der Waals surface area contributed by atoms with E-state index in [-0.39, 0.29) is 11.5 Å². The van der Waals surface area contributed by atoms with Gasteiger partial charge in [0.25, 0.3) is 5.56 Å². The average molecular weight is 333 g/mol. The molecule has 2 heterocycles. The SMILES string of the molecule is CCC1CC(C(=O)O)n2c1cc(-c1cc(Cl)ccc1N)cc2=O. The van der Waals surface area contributed by atoms with Gasteiger partial charge in [-0.3, -0.25) is 9.36 Å². The Labute approximate surface area is 138 Å². The lowest BCUT2D eigenvalue weighted by atomic mass is 9.96. The summed E-state index contributed by atoms with van der Waals surface area (Å²) in [5.74, 6) is -0.927. The molecule has 3 N–H and O–H groups in total. The predicted octanol–water partition coefficient (Wildman–Crippen LogP) is 3.27.